The molecule has 1 aliphatic heterocycles. The summed E-state index contributed by atoms with van der Waals surface area (Å²) < 4.78 is 26.8. The highest BCUT2D eigenvalue weighted by atomic mass is 19.1. The SMILES string of the molecule is COc1ncc(F)c(OC)c1-c1cc2cc(NC(=O)NCCN3CCN(C(=O)O)CC3)ncc2n1C. The number of fused-ring (bicyclic) bond motifs is 1. The molecule has 0 aromatic carbocycles. The molecule has 0 unspecified atom stereocenters. The predicted octanol–water partition coefficient (Wildman–Crippen LogP) is 2.21. The monoisotopic (exact) mass is 501 g/mol. The quantitative estimate of drug-likeness (QED) is 0.449. The van der Waals surface area contributed by atoms with Gasteiger partial charge < -0.3 is 29.4 Å². The van der Waals surface area contributed by atoms with Gasteiger partial charge in [0.15, 0.2) is 11.6 Å². The molecule has 1 fully saturated rings. The number of carbonyl (C=O) groups is 2. The minimum absolute atomic E-state index is 0.0165. The molecule has 0 aliphatic carbocycles. The van der Waals surface area contributed by atoms with Crippen molar-refractivity contribution in [3.05, 3.63) is 30.3 Å². The Morgan fingerprint density at radius 1 is 1.11 bits per heavy atom. The first-order valence-corrected chi connectivity index (χ1v) is 11.3. The van der Waals surface area contributed by atoms with Gasteiger partial charge in [0.25, 0.3) is 0 Å². The number of halogens is 1. The zero-order chi connectivity index (χ0) is 25.8. The van der Waals surface area contributed by atoms with E-state index in [9.17, 15) is 14.0 Å². The van der Waals surface area contributed by atoms with E-state index in [-0.39, 0.29) is 11.6 Å². The number of aromatic nitrogens is 3. The smallest absolute Gasteiger partial charge is 0.407 e. The summed E-state index contributed by atoms with van der Waals surface area (Å²) in [4.78, 5) is 35.2. The predicted molar refractivity (Wildman–Crippen MR) is 130 cm³/mol. The molecule has 0 saturated carbocycles. The molecule has 0 radical (unpaired) electrons. The van der Waals surface area contributed by atoms with Crippen molar-refractivity contribution in [2.75, 3.05) is 58.8 Å². The van der Waals surface area contributed by atoms with Crippen molar-refractivity contribution in [2.24, 2.45) is 7.05 Å². The number of ether oxygens (including phenoxy) is 2. The van der Waals surface area contributed by atoms with Crippen LogP contribution < -0.4 is 20.1 Å². The molecule has 4 rings (SSSR count). The number of urea groups is 1. The molecule has 0 bridgehead atoms. The molecule has 3 N–H and O–H groups in total. The zero-order valence-electron chi connectivity index (χ0n) is 20.2. The summed E-state index contributed by atoms with van der Waals surface area (Å²) >= 11 is 0. The van der Waals surface area contributed by atoms with Gasteiger partial charge in [0.2, 0.25) is 5.88 Å². The fourth-order valence-electron chi connectivity index (χ4n) is 4.23. The number of nitrogens with one attached hydrogen (secondary N) is 2. The summed E-state index contributed by atoms with van der Waals surface area (Å²) in [6.45, 7) is 3.17. The first-order valence-electron chi connectivity index (χ1n) is 11.3. The van der Waals surface area contributed by atoms with Gasteiger partial charge in [0.1, 0.15) is 11.4 Å². The number of hydrogen-bond acceptors (Lipinski definition) is 7. The van der Waals surface area contributed by atoms with Gasteiger partial charge in [-0.15, -0.1) is 0 Å². The van der Waals surface area contributed by atoms with E-state index in [0.29, 0.717) is 56.3 Å². The Morgan fingerprint density at radius 2 is 1.86 bits per heavy atom. The van der Waals surface area contributed by atoms with Crippen LogP contribution in [-0.2, 0) is 7.05 Å². The maximum atomic E-state index is 14.4. The molecule has 1 saturated heterocycles. The summed E-state index contributed by atoms with van der Waals surface area (Å²) in [5.74, 6) is -0.0278. The lowest BCUT2D eigenvalue weighted by Gasteiger charge is -2.32. The highest BCUT2D eigenvalue weighted by Gasteiger charge is 2.23. The maximum Gasteiger partial charge on any atom is 0.407 e. The number of carboxylic acid groups (broad SMARTS) is 1. The molecule has 13 heteroatoms. The van der Waals surface area contributed by atoms with Crippen LogP contribution in [0.3, 0.4) is 0 Å². The Kier molecular flexibility index (Phi) is 7.38. The van der Waals surface area contributed by atoms with Gasteiger partial charge >= 0.3 is 12.1 Å². The number of amides is 3. The van der Waals surface area contributed by atoms with Crippen LogP contribution in [0.4, 0.5) is 19.8 Å². The first-order chi connectivity index (χ1) is 17.3. The van der Waals surface area contributed by atoms with Crippen molar-refractivity contribution in [1.82, 2.24) is 29.7 Å². The van der Waals surface area contributed by atoms with Crippen LogP contribution in [0.2, 0.25) is 0 Å². The Labute approximate surface area is 206 Å². The molecule has 12 nitrogen and oxygen atoms in total. The van der Waals surface area contributed by atoms with Crippen molar-refractivity contribution in [3.8, 4) is 22.9 Å². The molecule has 1 aliphatic rings. The number of piperazine rings is 1. The number of methoxy groups -OCH3 is 2. The van der Waals surface area contributed by atoms with Crippen molar-refractivity contribution in [3.63, 3.8) is 0 Å². The van der Waals surface area contributed by atoms with E-state index < -0.39 is 17.9 Å². The number of pyridine rings is 2. The Balaban J connectivity index is 1.43. The minimum atomic E-state index is -0.909. The molecule has 0 atom stereocenters. The normalized spacial score (nSPS) is 14.1. The summed E-state index contributed by atoms with van der Waals surface area (Å²) in [5, 5.41) is 15.3. The largest absolute Gasteiger partial charge is 0.493 e. The number of rotatable bonds is 7. The van der Waals surface area contributed by atoms with Gasteiger partial charge in [-0.1, -0.05) is 0 Å². The molecular formula is C23H28FN7O5. The molecule has 192 valence electrons. The van der Waals surface area contributed by atoms with E-state index in [1.807, 2.05) is 10.6 Å². The van der Waals surface area contributed by atoms with Crippen LogP contribution in [-0.4, -0.2) is 95.1 Å². The number of hydrogen-bond donors (Lipinski definition) is 3. The van der Waals surface area contributed by atoms with Crippen LogP contribution >= 0.6 is 0 Å². The number of aryl methyl sites for hydroxylation is 1. The second kappa shape index (κ2) is 10.6. The summed E-state index contributed by atoms with van der Waals surface area (Å²) in [6.07, 6.45) is 1.75. The number of anilines is 1. The molecule has 3 aromatic rings. The Hall–Kier alpha value is -4.13. The fraction of sp³-hybridized carbons (Fsp3) is 0.391. The minimum Gasteiger partial charge on any atom is -0.493 e. The molecule has 36 heavy (non-hydrogen) atoms. The third-order valence-electron chi connectivity index (χ3n) is 6.13. The maximum absolute atomic E-state index is 14.4. The molecular weight excluding hydrogens is 473 g/mol. The lowest BCUT2D eigenvalue weighted by atomic mass is 10.1. The van der Waals surface area contributed by atoms with Crippen molar-refractivity contribution in [1.29, 1.82) is 0 Å². The van der Waals surface area contributed by atoms with E-state index in [2.05, 4.69) is 25.5 Å². The second-order valence-electron chi connectivity index (χ2n) is 8.23. The van der Waals surface area contributed by atoms with Crippen LogP contribution in [0.15, 0.2) is 24.5 Å². The third kappa shape index (κ3) is 5.10. The average molecular weight is 502 g/mol. The van der Waals surface area contributed by atoms with E-state index in [0.717, 1.165) is 17.1 Å². The van der Waals surface area contributed by atoms with Crippen molar-refractivity contribution in [2.45, 2.75) is 0 Å². The van der Waals surface area contributed by atoms with Crippen LogP contribution in [0.1, 0.15) is 0 Å². The average Bonchev–Trinajstić information content (AvgIpc) is 3.19. The lowest BCUT2D eigenvalue weighted by molar-refractivity contribution is 0.106. The van der Waals surface area contributed by atoms with Crippen LogP contribution in [0, 0.1) is 5.82 Å². The van der Waals surface area contributed by atoms with E-state index in [4.69, 9.17) is 14.6 Å². The highest BCUT2D eigenvalue weighted by molar-refractivity contribution is 5.94. The number of carbonyl (C=O) groups excluding carboxylic acids is 1. The van der Waals surface area contributed by atoms with E-state index in [1.54, 1.807) is 19.3 Å². The van der Waals surface area contributed by atoms with Crippen LogP contribution in [0.5, 0.6) is 11.6 Å². The van der Waals surface area contributed by atoms with Gasteiger partial charge in [0.05, 0.1) is 37.8 Å². The van der Waals surface area contributed by atoms with Crippen molar-refractivity contribution >= 4 is 28.8 Å². The van der Waals surface area contributed by atoms with Gasteiger partial charge in [-0.05, 0) is 12.1 Å². The standard InChI is InChI=1S/C23H28FN7O5/c1-29-16(19-20(35-2)15(24)12-27-21(19)36-3)10-14-11-18(26-13-17(14)29)28-22(32)25-4-5-30-6-8-31(9-7-30)23(33)34/h10-13H,4-9H2,1-3H3,(H,33,34)(H2,25,26,28,32). The van der Waals surface area contributed by atoms with Gasteiger partial charge in [-0.25, -0.2) is 23.9 Å². The van der Waals surface area contributed by atoms with Crippen LogP contribution in [0.25, 0.3) is 22.2 Å². The molecule has 3 aromatic heterocycles. The van der Waals surface area contributed by atoms with Crippen molar-refractivity contribution < 1.29 is 28.6 Å². The lowest BCUT2D eigenvalue weighted by Crippen LogP contribution is -2.50. The molecule has 4 heterocycles. The number of nitrogens with zero attached hydrogens (tertiary/aromatic N) is 5. The van der Waals surface area contributed by atoms with E-state index >= 15 is 0 Å². The highest BCUT2D eigenvalue weighted by Crippen LogP contribution is 2.40. The zero-order valence-corrected chi connectivity index (χ0v) is 20.2. The Morgan fingerprint density at radius 3 is 2.53 bits per heavy atom. The van der Waals surface area contributed by atoms with Gasteiger partial charge in [0, 0.05) is 51.7 Å². The third-order valence-corrected chi connectivity index (χ3v) is 6.13. The summed E-state index contributed by atoms with van der Waals surface area (Å²) in [7, 11) is 4.63. The van der Waals surface area contributed by atoms with Gasteiger partial charge in [-0.2, -0.15) is 0 Å². The fourth-order valence-corrected chi connectivity index (χ4v) is 4.23. The summed E-state index contributed by atoms with van der Waals surface area (Å²) in [6, 6.07) is 3.13. The molecule has 3 amide bonds. The molecule has 0 spiro atoms. The second-order valence-corrected chi connectivity index (χ2v) is 8.23. The Bertz CT molecular complexity index is 1270. The summed E-state index contributed by atoms with van der Waals surface area (Å²) in [5.41, 5.74) is 1.73. The topological polar surface area (TPSA) is 134 Å². The van der Waals surface area contributed by atoms with Gasteiger partial charge in [-0.3, -0.25) is 10.2 Å². The van der Waals surface area contributed by atoms with E-state index in [1.165, 1.54) is 19.1 Å². The first kappa shape index (κ1) is 25.0.